The first-order chi connectivity index (χ1) is 30.6. The number of amides is 6. The van der Waals surface area contributed by atoms with Gasteiger partial charge in [-0.1, -0.05) is 114 Å². The maximum Gasteiger partial charge on any atom is 0.416 e. The molecule has 0 unspecified atom stereocenters. The fourth-order valence-electron chi connectivity index (χ4n) is 6.66. The number of nitrogens with one attached hydrogen (secondary N) is 6. The zero-order chi connectivity index (χ0) is 49.5. The van der Waals surface area contributed by atoms with E-state index in [9.17, 15) is 45.5 Å². The molecule has 0 fully saturated rings. The fourth-order valence-corrected chi connectivity index (χ4v) is 6.66. The van der Waals surface area contributed by atoms with Gasteiger partial charge in [-0.25, -0.2) is 9.59 Å². The van der Waals surface area contributed by atoms with Gasteiger partial charge in [-0.3, -0.25) is 9.59 Å². The van der Waals surface area contributed by atoms with Gasteiger partial charge in [0.1, 0.15) is 12.1 Å². The molecule has 0 heterocycles. The van der Waals surface area contributed by atoms with Gasteiger partial charge < -0.3 is 42.5 Å². The zero-order valence-electron chi connectivity index (χ0n) is 38.5. The molecule has 6 amide bonds. The molecule has 0 spiro atoms. The number of carbonyl (C=O) groups excluding carboxylic acids is 4. The summed E-state index contributed by atoms with van der Waals surface area (Å²) >= 11 is 0. The molecule has 18 heteroatoms. The molecule has 12 nitrogen and oxygen atoms in total. The highest BCUT2D eigenvalue weighted by molar-refractivity contribution is 5.95. The number of likely N-dealkylation sites (N-methyl/N-ethyl adjacent to an activating group) is 1. The average Bonchev–Trinajstić information content (AvgIpc) is 3.21. The van der Waals surface area contributed by atoms with E-state index in [2.05, 4.69) is 31.9 Å². The number of hydrogen-bond acceptors (Lipinski definition) is 6. The highest BCUT2D eigenvalue weighted by Crippen LogP contribution is 2.32. The number of anilines is 2. The first kappa shape index (κ1) is 54.2. The van der Waals surface area contributed by atoms with Crippen molar-refractivity contribution >= 4 is 35.3 Å². The van der Waals surface area contributed by atoms with E-state index in [4.69, 9.17) is 5.73 Å². The number of halogens is 6. The summed E-state index contributed by atoms with van der Waals surface area (Å²) in [7, 11) is 3.82. The first-order valence-corrected chi connectivity index (χ1v) is 21.2. The number of carbonyl (C=O) groups is 4. The van der Waals surface area contributed by atoms with Gasteiger partial charge in [0.2, 0.25) is 11.8 Å². The van der Waals surface area contributed by atoms with E-state index < -0.39 is 64.4 Å². The van der Waals surface area contributed by atoms with Crippen molar-refractivity contribution < 1.29 is 45.5 Å². The molecular weight excluding hydrogens is 867 g/mol. The van der Waals surface area contributed by atoms with Gasteiger partial charge in [0, 0.05) is 36.5 Å². The molecular formula is C48H62F6N8O4. The van der Waals surface area contributed by atoms with Crippen LogP contribution in [0.5, 0.6) is 0 Å². The van der Waals surface area contributed by atoms with Crippen molar-refractivity contribution in [1.29, 1.82) is 0 Å². The lowest BCUT2D eigenvalue weighted by molar-refractivity contribution is -0.138. The molecule has 4 atom stereocenters. The Labute approximate surface area is 382 Å². The Morgan fingerprint density at radius 1 is 0.530 bits per heavy atom. The van der Waals surface area contributed by atoms with Crippen molar-refractivity contribution in [1.82, 2.24) is 26.2 Å². The third-order valence-corrected chi connectivity index (χ3v) is 9.92. The van der Waals surface area contributed by atoms with Crippen molar-refractivity contribution in [3.63, 3.8) is 0 Å². The van der Waals surface area contributed by atoms with E-state index in [1.54, 1.807) is 41.5 Å². The molecule has 0 saturated heterocycles. The predicted octanol–water partition coefficient (Wildman–Crippen LogP) is 8.46. The summed E-state index contributed by atoms with van der Waals surface area (Å²) in [6.07, 6.45) is -7.92. The number of nitrogens with two attached hydrogens (primary N) is 1. The van der Waals surface area contributed by atoms with Gasteiger partial charge >= 0.3 is 24.4 Å². The molecule has 0 bridgehead atoms. The van der Waals surface area contributed by atoms with Crippen molar-refractivity contribution in [2.75, 3.05) is 37.8 Å². The smallest absolute Gasteiger partial charge is 0.350 e. The maximum atomic E-state index is 13.2. The molecule has 4 aromatic rings. The average molecular weight is 929 g/mol. The Kier molecular flexibility index (Phi) is 19.6. The van der Waals surface area contributed by atoms with Crippen LogP contribution in [0.4, 0.5) is 47.3 Å². The standard InChI is InChI=1S/C25H33F3N4O2.C23H29F3N4O2/c1-24(2,3)21(31-23(34)30-19-13-9-12-18(15-19)25(26,27)28)22(33)29-20(16-32(4)5)14-17-10-7-6-8-11-17;1-22(2,3)19(20(31)28-18(14-27)12-15-8-5-4-6-9-15)30-21(32)29-17-11-7-10-16(13-17)23(24,25)26/h6-13,15,20-21H,14,16H2,1-5H3,(H,29,33)(H2,30,31,34);4-11,13,18-19H,12,14,27H2,1-3H3,(H,28,31)(H2,29,30,32)/t20-,21+;18-,19+/m00/s1. The molecule has 66 heavy (non-hydrogen) atoms. The minimum Gasteiger partial charge on any atom is -0.350 e. The van der Waals surface area contributed by atoms with Crippen LogP contribution >= 0.6 is 0 Å². The van der Waals surface area contributed by atoms with E-state index in [-0.39, 0.29) is 35.9 Å². The number of rotatable bonds is 15. The number of benzene rings is 4. The van der Waals surface area contributed by atoms with Crippen LogP contribution in [0.15, 0.2) is 109 Å². The monoisotopic (exact) mass is 928 g/mol. The van der Waals surface area contributed by atoms with Crippen LogP contribution in [0.2, 0.25) is 0 Å². The lowest BCUT2D eigenvalue weighted by Crippen LogP contribution is -2.57. The highest BCUT2D eigenvalue weighted by Gasteiger charge is 2.36. The normalized spacial score (nSPS) is 13.8. The Hall–Kier alpha value is -6.14. The molecule has 0 aliphatic carbocycles. The quantitative estimate of drug-likeness (QED) is 0.0591. The van der Waals surface area contributed by atoms with Crippen LogP contribution in [0.1, 0.15) is 63.8 Å². The summed E-state index contributed by atoms with van der Waals surface area (Å²) in [5.41, 5.74) is 4.78. The molecule has 0 radical (unpaired) electrons. The lowest BCUT2D eigenvalue weighted by atomic mass is 9.86. The van der Waals surface area contributed by atoms with Crippen molar-refractivity contribution in [3.05, 3.63) is 131 Å². The van der Waals surface area contributed by atoms with Gasteiger partial charge in [-0.05, 0) is 85.3 Å². The number of urea groups is 2. The summed E-state index contributed by atoms with van der Waals surface area (Å²) in [4.78, 5) is 53.2. The molecule has 8 N–H and O–H groups in total. The van der Waals surface area contributed by atoms with Gasteiger partial charge in [-0.15, -0.1) is 0 Å². The second-order valence-corrected chi connectivity index (χ2v) is 18.2. The van der Waals surface area contributed by atoms with Gasteiger partial charge in [0.25, 0.3) is 0 Å². The van der Waals surface area contributed by atoms with E-state index in [0.29, 0.717) is 19.4 Å². The zero-order valence-corrected chi connectivity index (χ0v) is 38.5. The van der Waals surface area contributed by atoms with Crippen molar-refractivity contribution in [2.24, 2.45) is 16.6 Å². The van der Waals surface area contributed by atoms with E-state index in [1.165, 1.54) is 24.3 Å². The number of hydrogen-bond donors (Lipinski definition) is 7. The summed E-state index contributed by atoms with van der Waals surface area (Å²) in [5, 5.41) is 15.9. The summed E-state index contributed by atoms with van der Waals surface area (Å²) < 4.78 is 77.6. The van der Waals surface area contributed by atoms with E-state index in [0.717, 1.165) is 35.4 Å². The molecule has 4 aromatic carbocycles. The van der Waals surface area contributed by atoms with Crippen LogP contribution in [-0.4, -0.2) is 80.1 Å². The van der Waals surface area contributed by atoms with Crippen LogP contribution in [-0.2, 0) is 34.8 Å². The van der Waals surface area contributed by atoms with Crippen LogP contribution in [0.25, 0.3) is 0 Å². The molecule has 4 rings (SSSR count). The van der Waals surface area contributed by atoms with Gasteiger partial charge in [0.05, 0.1) is 11.1 Å². The minimum absolute atomic E-state index is 0.0186. The Bertz CT molecular complexity index is 2180. The lowest BCUT2D eigenvalue weighted by Gasteiger charge is -2.32. The number of nitrogens with zero attached hydrogens (tertiary/aromatic N) is 1. The third-order valence-electron chi connectivity index (χ3n) is 9.92. The van der Waals surface area contributed by atoms with E-state index in [1.807, 2.05) is 79.7 Å². The SMILES string of the molecule is CC(C)(C)[C@H](NC(=O)Nc1cccc(C(F)(F)F)c1)C(=O)N[C@H](CN)Cc1ccccc1.CN(C)C[C@H](Cc1ccccc1)NC(=O)[C@@H](NC(=O)Nc1cccc(C(F)(F)F)c1)C(C)(C)C. The second-order valence-electron chi connectivity index (χ2n) is 18.2. The largest absolute Gasteiger partial charge is 0.416 e. The predicted molar refractivity (Wildman–Crippen MR) is 245 cm³/mol. The van der Waals surface area contributed by atoms with Gasteiger partial charge in [-0.2, -0.15) is 26.3 Å². The topological polar surface area (TPSA) is 170 Å². The van der Waals surface area contributed by atoms with Gasteiger partial charge in [0.15, 0.2) is 0 Å². The number of alkyl halides is 6. The fraction of sp³-hybridized carbons (Fsp3) is 0.417. The third kappa shape index (κ3) is 18.8. The van der Waals surface area contributed by atoms with Crippen LogP contribution < -0.4 is 37.6 Å². The summed E-state index contributed by atoms with van der Waals surface area (Å²) in [6, 6.07) is 23.9. The Morgan fingerprint density at radius 3 is 1.23 bits per heavy atom. The Balaban J connectivity index is 0.000000351. The molecule has 0 aliphatic rings. The minimum atomic E-state index is -4.53. The van der Waals surface area contributed by atoms with Crippen molar-refractivity contribution in [2.45, 2.75) is 90.9 Å². The van der Waals surface area contributed by atoms with Crippen LogP contribution in [0.3, 0.4) is 0 Å². The molecule has 360 valence electrons. The Morgan fingerprint density at radius 2 is 0.894 bits per heavy atom. The van der Waals surface area contributed by atoms with Crippen LogP contribution in [0, 0.1) is 10.8 Å². The maximum absolute atomic E-state index is 13.2. The second kappa shape index (κ2) is 23.9. The highest BCUT2D eigenvalue weighted by atomic mass is 19.4. The summed E-state index contributed by atoms with van der Waals surface area (Å²) in [6.45, 7) is 11.5. The van der Waals surface area contributed by atoms with E-state index >= 15 is 0 Å². The summed E-state index contributed by atoms with van der Waals surface area (Å²) in [5.74, 6) is -0.794. The molecule has 0 aliphatic heterocycles. The molecule has 0 saturated carbocycles. The molecule has 0 aromatic heterocycles. The first-order valence-electron chi connectivity index (χ1n) is 21.2. The van der Waals surface area contributed by atoms with Crippen molar-refractivity contribution in [3.8, 4) is 0 Å².